The van der Waals surface area contributed by atoms with Crippen LogP contribution in [0.5, 0.6) is 5.75 Å². The third-order valence-corrected chi connectivity index (χ3v) is 4.85. The molecule has 1 unspecified atom stereocenters. The highest BCUT2D eigenvalue weighted by Crippen LogP contribution is 2.30. The number of hydrogen-bond donors (Lipinski definition) is 2. The van der Waals surface area contributed by atoms with E-state index in [0.29, 0.717) is 29.3 Å². The molecule has 1 saturated heterocycles. The highest BCUT2D eigenvalue weighted by Gasteiger charge is 2.30. The molecule has 2 aliphatic heterocycles. The molecule has 1 fully saturated rings. The van der Waals surface area contributed by atoms with Gasteiger partial charge in [-0.05, 0) is 18.2 Å². The number of amides is 2. The Morgan fingerprint density at radius 3 is 3.04 bits per heavy atom. The number of thioether (sulfide) groups is 1. The van der Waals surface area contributed by atoms with Crippen LogP contribution in [-0.4, -0.2) is 58.5 Å². The van der Waals surface area contributed by atoms with Crippen molar-refractivity contribution in [3.63, 3.8) is 0 Å². The van der Waals surface area contributed by atoms with Gasteiger partial charge in [0.15, 0.2) is 6.61 Å². The van der Waals surface area contributed by atoms with Gasteiger partial charge in [0.1, 0.15) is 5.75 Å². The van der Waals surface area contributed by atoms with E-state index in [0.717, 1.165) is 5.75 Å². The van der Waals surface area contributed by atoms with Crippen LogP contribution in [0.25, 0.3) is 0 Å². The molecule has 3 rings (SSSR count). The van der Waals surface area contributed by atoms with Crippen LogP contribution in [0.2, 0.25) is 0 Å². The van der Waals surface area contributed by atoms with Crippen LogP contribution in [-0.2, 0) is 9.59 Å². The first-order valence-electron chi connectivity index (χ1n) is 7.22. The van der Waals surface area contributed by atoms with Crippen molar-refractivity contribution in [3.8, 4) is 5.75 Å². The molecule has 0 aromatic heterocycles. The maximum atomic E-state index is 12.7. The number of carboxylic acid groups (broad SMARTS) is 1. The zero-order valence-corrected chi connectivity index (χ0v) is 13.1. The van der Waals surface area contributed by atoms with Crippen LogP contribution in [0.3, 0.4) is 0 Å². The number of hydrogen-bond acceptors (Lipinski definition) is 5. The zero-order valence-electron chi connectivity index (χ0n) is 12.3. The molecule has 1 aromatic rings. The second-order valence-corrected chi connectivity index (χ2v) is 6.52. The molecule has 0 radical (unpaired) electrons. The molecule has 2 N–H and O–H groups in total. The largest absolute Gasteiger partial charge is 0.482 e. The van der Waals surface area contributed by atoms with Crippen molar-refractivity contribution >= 4 is 35.2 Å². The average molecular weight is 336 g/mol. The molecule has 122 valence electrons. The second kappa shape index (κ2) is 6.49. The van der Waals surface area contributed by atoms with E-state index in [2.05, 4.69) is 5.32 Å². The lowest BCUT2D eigenvalue weighted by atomic mass is 10.1. The Hall–Kier alpha value is -2.22. The molecular formula is C15H16N2O5S. The first-order chi connectivity index (χ1) is 11.0. The first kappa shape index (κ1) is 15.7. The Bertz CT molecular complexity index is 663. The van der Waals surface area contributed by atoms with Gasteiger partial charge in [0, 0.05) is 23.6 Å². The molecule has 1 atom stereocenters. The Morgan fingerprint density at radius 2 is 2.26 bits per heavy atom. The number of nitrogens with zero attached hydrogens (tertiary/aromatic N) is 1. The number of anilines is 1. The summed E-state index contributed by atoms with van der Waals surface area (Å²) in [7, 11) is 0. The molecule has 1 aromatic carbocycles. The van der Waals surface area contributed by atoms with Gasteiger partial charge in [-0.3, -0.25) is 14.4 Å². The third kappa shape index (κ3) is 3.42. The van der Waals surface area contributed by atoms with E-state index in [1.54, 1.807) is 34.9 Å². The van der Waals surface area contributed by atoms with E-state index >= 15 is 0 Å². The second-order valence-electron chi connectivity index (χ2n) is 5.37. The lowest BCUT2D eigenvalue weighted by Crippen LogP contribution is -2.47. The van der Waals surface area contributed by atoms with Gasteiger partial charge < -0.3 is 20.1 Å². The summed E-state index contributed by atoms with van der Waals surface area (Å²) in [5.74, 6) is 0.518. The summed E-state index contributed by atoms with van der Waals surface area (Å²) < 4.78 is 5.32. The van der Waals surface area contributed by atoms with Crippen molar-refractivity contribution in [2.45, 2.75) is 12.5 Å². The minimum absolute atomic E-state index is 0.0593. The maximum Gasteiger partial charge on any atom is 0.305 e. The highest BCUT2D eigenvalue weighted by atomic mass is 32.2. The zero-order chi connectivity index (χ0) is 16.4. The summed E-state index contributed by atoms with van der Waals surface area (Å²) in [6.07, 6.45) is -0.0593. The number of rotatable bonds is 3. The van der Waals surface area contributed by atoms with Gasteiger partial charge in [-0.1, -0.05) is 0 Å². The summed E-state index contributed by atoms with van der Waals surface area (Å²) in [6.45, 7) is 0.447. The van der Waals surface area contributed by atoms with Crippen molar-refractivity contribution in [2.75, 3.05) is 30.0 Å². The van der Waals surface area contributed by atoms with E-state index in [1.165, 1.54) is 0 Å². The number of carboxylic acids is 1. The molecule has 2 heterocycles. The van der Waals surface area contributed by atoms with Gasteiger partial charge in [0.25, 0.3) is 11.8 Å². The minimum atomic E-state index is -0.910. The highest BCUT2D eigenvalue weighted by molar-refractivity contribution is 7.99. The van der Waals surface area contributed by atoms with E-state index in [4.69, 9.17) is 9.84 Å². The van der Waals surface area contributed by atoms with Crippen LogP contribution in [0.15, 0.2) is 18.2 Å². The summed E-state index contributed by atoms with van der Waals surface area (Å²) in [4.78, 5) is 36.6. The minimum Gasteiger partial charge on any atom is -0.482 e. The fourth-order valence-corrected chi connectivity index (χ4v) is 3.73. The first-order valence-corrected chi connectivity index (χ1v) is 8.37. The Morgan fingerprint density at radius 1 is 1.43 bits per heavy atom. The summed E-state index contributed by atoms with van der Waals surface area (Å²) in [5, 5.41) is 11.7. The molecule has 0 saturated carbocycles. The van der Waals surface area contributed by atoms with Crippen molar-refractivity contribution < 1.29 is 24.2 Å². The van der Waals surface area contributed by atoms with Gasteiger partial charge in [-0.15, -0.1) is 0 Å². The molecule has 0 spiro atoms. The molecule has 2 aliphatic rings. The van der Waals surface area contributed by atoms with E-state index < -0.39 is 5.97 Å². The Labute approximate surface area is 137 Å². The molecule has 23 heavy (non-hydrogen) atoms. The molecule has 8 heteroatoms. The van der Waals surface area contributed by atoms with Crippen LogP contribution in [0.4, 0.5) is 5.69 Å². The average Bonchev–Trinajstić information content (AvgIpc) is 2.53. The quantitative estimate of drug-likeness (QED) is 0.856. The van der Waals surface area contributed by atoms with Crippen molar-refractivity contribution in [1.82, 2.24) is 4.90 Å². The van der Waals surface area contributed by atoms with Gasteiger partial charge in [0.05, 0.1) is 18.2 Å². The standard InChI is InChI=1S/C15H16N2O5S/c18-13-7-22-12-5-9(1-2-11(12)16-13)15(21)17-3-4-23-8-10(17)6-14(19)20/h1-2,5,10H,3-4,6-8H2,(H,16,18)(H,19,20). The van der Waals surface area contributed by atoms with Gasteiger partial charge >= 0.3 is 5.97 Å². The molecular weight excluding hydrogens is 320 g/mol. The summed E-state index contributed by atoms with van der Waals surface area (Å²) in [5.41, 5.74) is 0.969. The predicted octanol–water partition coefficient (Wildman–Crippen LogP) is 1.05. The number of fused-ring (bicyclic) bond motifs is 1. The molecule has 0 bridgehead atoms. The molecule has 7 nitrogen and oxygen atoms in total. The Balaban J connectivity index is 1.81. The lowest BCUT2D eigenvalue weighted by Gasteiger charge is -2.34. The molecule has 2 amide bonds. The fraction of sp³-hybridized carbons (Fsp3) is 0.400. The van der Waals surface area contributed by atoms with E-state index in [1.807, 2.05) is 0 Å². The van der Waals surface area contributed by atoms with Gasteiger partial charge in [0.2, 0.25) is 0 Å². The normalized spacial score (nSPS) is 20.3. The Kier molecular flexibility index (Phi) is 4.42. The van der Waals surface area contributed by atoms with Crippen molar-refractivity contribution in [1.29, 1.82) is 0 Å². The van der Waals surface area contributed by atoms with Crippen LogP contribution >= 0.6 is 11.8 Å². The molecule has 0 aliphatic carbocycles. The summed E-state index contributed by atoms with van der Waals surface area (Å²) in [6, 6.07) is 4.53. The van der Waals surface area contributed by atoms with Crippen LogP contribution < -0.4 is 10.1 Å². The monoisotopic (exact) mass is 336 g/mol. The topological polar surface area (TPSA) is 95.9 Å². The number of ether oxygens (including phenoxy) is 1. The van der Waals surface area contributed by atoms with E-state index in [9.17, 15) is 14.4 Å². The van der Waals surface area contributed by atoms with Crippen molar-refractivity contribution in [3.05, 3.63) is 23.8 Å². The van der Waals surface area contributed by atoms with Crippen molar-refractivity contribution in [2.24, 2.45) is 0 Å². The smallest absolute Gasteiger partial charge is 0.305 e. The SMILES string of the molecule is O=C(O)CC1CSCCN1C(=O)c1ccc2c(c1)OCC(=O)N2. The van der Waals surface area contributed by atoms with E-state index in [-0.39, 0.29) is 30.9 Å². The fourth-order valence-electron chi connectivity index (χ4n) is 2.67. The number of nitrogens with one attached hydrogen (secondary N) is 1. The predicted molar refractivity (Wildman–Crippen MR) is 85.0 cm³/mol. The lowest BCUT2D eigenvalue weighted by molar-refractivity contribution is -0.138. The van der Waals surface area contributed by atoms with Gasteiger partial charge in [-0.2, -0.15) is 11.8 Å². The van der Waals surface area contributed by atoms with Crippen LogP contribution in [0.1, 0.15) is 16.8 Å². The number of benzene rings is 1. The summed E-state index contributed by atoms with van der Waals surface area (Å²) >= 11 is 1.66. The number of carbonyl (C=O) groups excluding carboxylic acids is 2. The maximum absolute atomic E-state index is 12.7. The third-order valence-electron chi connectivity index (χ3n) is 3.76. The number of carbonyl (C=O) groups is 3. The number of aliphatic carboxylic acids is 1. The van der Waals surface area contributed by atoms with Gasteiger partial charge in [-0.25, -0.2) is 0 Å². The van der Waals surface area contributed by atoms with Crippen LogP contribution in [0, 0.1) is 0 Å².